The van der Waals surface area contributed by atoms with Crippen LogP contribution in [0.25, 0.3) is 22.5 Å². The number of aryl methyl sites for hydroxylation is 1. The first-order chi connectivity index (χ1) is 18.5. The Labute approximate surface area is 232 Å². The summed E-state index contributed by atoms with van der Waals surface area (Å²) in [5, 5.41) is 11.8. The van der Waals surface area contributed by atoms with Crippen LogP contribution in [-0.4, -0.2) is 49.0 Å². The fourth-order valence-electron chi connectivity index (χ4n) is 4.53. The lowest BCUT2D eigenvalue weighted by Gasteiger charge is -2.27. The first kappa shape index (κ1) is 26.3. The fourth-order valence-corrected chi connectivity index (χ4v) is 4.78. The van der Waals surface area contributed by atoms with Gasteiger partial charge in [0.25, 0.3) is 5.91 Å². The Hall–Kier alpha value is -3.33. The highest BCUT2D eigenvalue weighted by atomic mass is 35.5. The molecule has 1 amide bonds. The molecule has 8 nitrogen and oxygen atoms in total. The molecule has 0 bridgehead atoms. The van der Waals surface area contributed by atoms with E-state index in [1.165, 1.54) is 6.42 Å². The van der Waals surface area contributed by atoms with Gasteiger partial charge in [-0.2, -0.15) is 0 Å². The summed E-state index contributed by atoms with van der Waals surface area (Å²) in [6.45, 7) is 4.07. The summed E-state index contributed by atoms with van der Waals surface area (Å²) in [5.41, 5.74) is 7.52. The third kappa shape index (κ3) is 6.20. The molecule has 0 radical (unpaired) electrons. The standard InChI is InChI=1S/C28H29Cl2N7O/c1-2-6-23-17-37(35-33-23)18-24-25(19-7-11-21(29)12-8-19)32-27(28(38)34-36-15-4-3-5-16-36)26(31-24)20-9-13-22(30)14-10-20/h7-14,17H,2-6,15-16,18H2,1H3,(H,34,38). The van der Waals surface area contributed by atoms with Crippen LogP contribution in [0.5, 0.6) is 0 Å². The number of aromatic nitrogens is 5. The molecule has 10 heteroatoms. The molecule has 1 saturated heterocycles. The second-order valence-corrected chi connectivity index (χ2v) is 10.2. The average Bonchev–Trinajstić information content (AvgIpc) is 3.37. The van der Waals surface area contributed by atoms with Crippen molar-refractivity contribution in [3.63, 3.8) is 0 Å². The van der Waals surface area contributed by atoms with Gasteiger partial charge < -0.3 is 0 Å². The van der Waals surface area contributed by atoms with E-state index in [2.05, 4.69) is 22.7 Å². The summed E-state index contributed by atoms with van der Waals surface area (Å²) in [5.74, 6) is -0.294. The van der Waals surface area contributed by atoms with Crippen LogP contribution >= 0.6 is 23.2 Å². The van der Waals surface area contributed by atoms with Crippen LogP contribution in [0.2, 0.25) is 10.0 Å². The van der Waals surface area contributed by atoms with Gasteiger partial charge in [-0.3, -0.25) is 10.2 Å². The van der Waals surface area contributed by atoms with E-state index in [1.54, 1.807) is 28.9 Å². The van der Waals surface area contributed by atoms with Gasteiger partial charge in [-0.25, -0.2) is 19.7 Å². The largest absolute Gasteiger partial charge is 0.286 e. The lowest BCUT2D eigenvalue weighted by atomic mass is 10.1. The monoisotopic (exact) mass is 549 g/mol. The molecule has 1 N–H and O–H groups in total. The molecule has 2 aromatic carbocycles. The van der Waals surface area contributed by atoms with Gasteiger partial charge in [0, 0.05) is 40.5 Å². The van der Waals surface area contributed by atoms with Crippen LogP contribution in [0.15, 0.2) is 54.7 Å². The number of rotatable bonds is 8. The second kappa shape index (κ2) is 12.0. The molecule has 0 saturated carbocycles. The van der Waals surface area contributed by atoms with Crippen molar-refractivity contribution in [3.8, 4) is 22.5 Å². The third-order valence-electron chi connectivity index (χ3n) is 6.44. The predicted octanol–water partition coefficient (Wildman–Crippen LogP) is 5.84. The number of hydrazine groups is 1. The average molecular weight is 550 g/mol. The first-order valence-electron chi connectivity index (χ1n) is 12.9. The minimum Gasteiger partial charge on any atom is -0.283 e. The number of carbonyl (C=O) groups is 1. The molecule has 0 spiro atoms. The Bertz CT molecular complexity index is 1400. The zero-order valence-electron chi connectivity index (χ0n) is 21.2. The zero-order valence-corrected chi connectivity index (χ0v) is 22.7. The van der Waals surface area contributed by atoms with E-state index < -0.39 is 0 Å². The van der Waals surface area contributed by atoms with E-state index >= 15 is 0 Å². The summed E-state index contributed by atoms with van der Waals surface area (Å²) in [6.07, 6.45) is 7.01. The number of nitrogens with one attached hydrogen (secondary N) is 1. The molecule has 196 valence electrons. The van der Waals surface area contributed by atoms with Crippen molar-refractivity contribution < 1.29 is 4.79 Å². The Morgan fingerprint density at radius 2 is 1.53 bits per heavy atom. The maximum absolute atomic E-state index is 13.6. The molecule has 0 unspecified atom stereocenters. The van der Waals surface area contributed by atoms with Gasteiger partial charge in [0.1, 0.15) is 5.69 Å². The molecule has 2 aromatic heterocycles. The third-order valence-corrected chi connectivity index (χ3v) is 6.94. The molecule has 5 rings (SSSR count). The summed E-state index contributed by atoms with van der Waals surface area (Å²) in [4.78, 5) is 23.6. The summed E-state index contributed by atoms with van der Waals surface area (Å²) in [6, 6.07) is 14.6. The predicted molar refractivity (Wildman–Crippen MR) is 149 cm³/mol. The van der Waals surface area contributed by atoms with Gasteiger partial charge in [-0.15, -0.1) is 5.10 Å². The molecule has 3 heterocycles. The van der Waals surface area contributed by atoms with E-state index in [0.29, 0.717) is 33.7 Å². The van der Waals surface area contributed by atoms with Crippen molar-refractivity contribution >= 4 is 29.1 Å². The van der Waals surface area contributed by atoms with E-state index in [0.717, 1.165) is 55.6 Å². The maximum Gasteiger partial charge on any atom is 0.286 e. The zero-order chi connectivity index (χ0) is 26.5. The van der Waals surface area contributed by atoms with Gasteiger partial charge in [0.2, 0.25) is 0 Å². The molecule has 1 aliphatic rings. The Balaban J connectivity index is 1.62. The second-order valence-electron chi connectivity index (χ2n) is 9.38. The Kier molecular flexibility index (Phi) is 8.32. The number of hydrogen-bond acceptors (Lipinski definition) is 6. The number of nitrogens with zero attached hydrogens (tertiary/aromatic N) is 6. The minimum absolute atomic E-state index is 0.247. The lowest BCUT2D eigenvalue weighted by molar-refractivity contribution is 0.0745. The van der Waals surface area contributed by atoms with Crippen LogP contribution in [0.1, 0.15) is 54.5 Å². The number of benzene rings is 2. The number of halogens is 2. The summed E-state index contributed by atoms with van der Waals surface area (Å²) >= 11 is 12.3. The quantitative estimate of drug-likeness (QED) is 0.297. The number of piperidine rings is 1. The van der Waals surface area contributed by atoms with Crippen molar-refractivity contribution in [3.05, 3.63) is 81.9 Å². The van der Waals surface area contributed by atoms with Gasteiger partial charge in [0.05, 0.1) is 23.6 Å². The maximum atomic E-state index is 13.6. The Morgan fingerprint density at radius 1 is 0.895 bits per heavy atom. The fraction of sp³-hybridized carbons (Fsp3) is 0.321. The molecule has 0 aliphatic carbocycles. The van der Waals surface area contributed by atoms with E-state index in [1.807, 2.05) is 35.5 Å². The van der Waals surface area contributed by atoms with E-state index in [4.69, 9.17) is 33.2 Å². The SMILES string of the molecule is CCCc1cn(Cc2nc(-c3ccc(Cl)cc3)c(C(=O)NN3CCCCC3)nc2-c2ccc(Cl)cc2)nn1. The van der Waals surface area contributed by atoms with Crippen molar-refractivity contribution in [2.24, 2.45) is 0 Å². The van der Waals surface area contributed by atoms with Crippen LogP contribution < -0.4 is 5.43 Å². The lowest BCUT2D eigenvalue weighted by Crippen LogP contribution is -2.45. The summed E-state index contributed by atoms with van der Waals surface area (Å²) < 4.78 is 1.76. The first-order valence-corrected chi connectivity index (χ1v) is 13.6. The number of hydrogen-bond donors (Lipinski definition) is 1. The minimum atomic E-state index is -0.294. The Morgan fingerprint density at radius 3 is 2.16 bits per heavy atom. The van der Waals surface area contributed by atoms with Crippen molar-refractivity contribution in [1.82, 2.24) is 35.4 Å². The normalized spacial score (nSPS) is 14.0. The topological polar surface area (TPSA) is 88.8 Å². The van der Waals surface area contributed by atoms with Crippen LogP contribution in [-0.2, 0) is 13.0 Å². The van der Waals surface area contributed by atoms with E-state index in [9.17, 15) is 4.79 Å². The number of carbonyl (C=O) groups excluding carboxylic acids is 1. The molecule has 38 heavy (non-hydrogen) atoms. The van der Waals surface area contributed by atoms with E-state index in [-0.39, 0.29) is 11.6 Å². The van der Waals surface area contributed by atoms with Crippen molar-refractivity contribution in [2.75, 3.05) is 13.1 Å². The molecular weight excluding hydrogens is 521 g/mol. The molecule has 0 atom stereocenters. The van der Waals surface area contributed by atoms with Crippen molar-refractivity contribution in [1.29, 1.82) is 0 Å². The van der Waals surface area contributed by atoms with Crippen LogP contribution in [0.4, 0.5) is 0 Å². The number of amides is 1. The van der Waals surface area contributed by atoms with Crippen LogP contribution in [0.3, 0.4) is 0 Å². The van der Waals surface area contributed by atoms with Gasteiger partial charge in [-0.1, -0.05) is 72.4 Å². The highest BCUT2D eigenvalue weighted by Crippen LogP contribution is 2.29. The van der Waals surface area contributed by atoms with Crippen molar-refractivity contribution in [2.45, 2.75) is 45.6 Å². The smallest absolute Gasteiger partial charge is 0.283 e. The van der Waals surface area contributed by atoms with Gasteiger partial charge in [-0.05, 0) is 43.5 Å². The molecule has 1 aliphatic heterocycles. The van der Waals surface area contributed by atoms with Crippen LogP contribution in [0, 0.1) is 0 Å². The molecule has 1 fully saturated rings. The molecule has 4 aromatic rings. The molecular formula is C28H29Cl2N7O. The van der Waals surface area contributed by atoms with Gasteiger partial charge in [0.15, 0.2) is 5.69 Å². The summed E-state index contributed by atoms with van der Waals surface area (Å²) in [7, 11) is 0. The highest BCUT2D eigenvalue weighted by Gasteiger charge is 2.24. The van der Waals surface area contributed by atoms with Gasteiger partial charge >= 0.3 is 0 Å². The highest BCUT2D eigenvalue weighted by molar-refractivity contribution is 6.31.